The second-order valence-electron chi connectivity index (χ2n) is 4.39. The Balaban J connectivity index is 2.45. The molecule has 86 valence electrons. The van der Waals surface area contributed by atoms with E-state index in [1.54, 1.807) is 0 Å². The van der Waals surface area contributed by atoms with Crippen molar-refractivity contribution in [3.05, 3.63) is 33.8 Å². The second-order valence-corrected chi connectivity index (χ2v) is 5.30. The Labute approximate surface area is 104 Å². The number of hydrogen-bond donors (Lipinski definition) is 0. The van der Waals surface area contributed by atoms with Gasteiger partial charge in [-0.05, 0) is 43.0 Å². The minimum atomic E-state index is -0.375. The van der Waals surface area contributed by atoms with Gasteiger partial charge in [-0.15, -0.1) is 0 Å². The molecular formula is C13H15BrO2. The summed E-state index contributed by atoms with van der Waals surface area (Å²) in [4.78, 5) is 11.9. The maximum atomic E-state index is 11.9. The fraction of sp³-hybridized carbons (Fsp3) is 0.462. The summed E-state index contributed by atoms with van der Waals surface area (Å²) in [6.07, 6.45) is 2.91. The first-order chi connectivity index (χ1) is 7.60. The first-order valence-corrected chi connectivity index (χ1v) is 6.24. The number of methoxy groups -OCH3 is 1. The summed E-state index contributed by atoms with van der Waals surface area (Å²) in [5, 5.41) is 0. The van der Waals surface area contributed by atoms with Crippen LogP contribution in [-0.2, 0) is 14.9 Å². The molecule has 0 saturated heterocycles. The first-order valence-electron chi connectivity index (χ1n) is 5.45. The molecule has 2 nitrogen and oxygen atoms in total. The number of ether oxygens (including phenoxy) is 1. The molecule has 0 amide bonds. The quantitative estimate of drug-likeness (QED) is 0.778. The molecule has 0 spiro atoms. The molecule has 0 heterocycles. The van der Waals surface area contributed by atoms with Crippen molar-refractivity contribution in [2.24, 2.45) is 0 Å². The van der Waals surface area contributed by atoms with Crippen LogP contribution in [0.3, 0.4) is 0 Å². The molecule has 0 bridgehead atoms. The van der Waals surface area contributed by atoms with E-state index in [1.165, 1.54) is 7.11 Å². The van der Waals surface area contributed by atoms with E-state index >= 15 is 0 Å². The lowest BCUT2D eigenvalue weighted by Crippen LogP contribution is -2.43. The topological polar surface area (TPSA) is 26.3 Å². The molecule has 2 rings (SSSR count). The Hall–Kier alpha value is -0.830. The first kappa shape index (κ1) is 11.6. The summed E-state index contributed by atoms with van der Waals surface area (Å²) in [6, 6.07) is 6.08. The number of aryl methyl sites for hydroxylation is 1. The lowest BCUT2D eigenvalue weighted by atomic mass is 9.63. The monoisotopic (exact) mass is 282 g/mol. The predicted octanol–water partition coefficient (Wildman–Crippen LogP) is 3.35. The Kier molecular flexibility index (Phi) is 3.06. The zero-order valence-electron chi connectivity index (χ0n) is 9.55. The van der Waals surface area contributed by atoms with Crippen LogP contribution in [0.1, 0.15) is 30.4 Å². The van der Waals surface area contributed by atoms with Crippen molar-refractivity contribution in [3.63, 3.8) is 0 Å². The molecule has 1 aliphatic carbocycles. The fourth-order valence-electron chi connectivity index (χ4n) is 2.47. The number of rotatable bonds is 2. The van der Waals surface area contributed by atoms with Gasteiger partial charge in [0.15, 0.2) is 0 Å². The van der Waals surface area contributed by atoms with E-state index in [0.717, 1.165) is 34.9 Å². The summed E-state index contributed by atoms with van der Waals surface area (Å²) in [5.41, 5.74) is 1.90. The highest BCUT2D eigenvalue weighted by atomic mass is 79.9. The third kappa shape index (κ3) is 1.67. The largest absolute Gasteiger partial charge is 0.468 e. The van der Waals surface area contributed by atoms with Gasteiger partial charge in [-0.1, -0.05) is 28.4 Å². The van der Waals surface area contributed by atoms with Gasteiger partial charge in [-0.25, -0.2) is 0 Å². The zero-order chi connectivity index (χ0) is 11.8. The number of carbonyl (C=O) groups is 1. The van der Waals surface area contributed by atoms with Crippen LogP contribution in [0.25, 0.3) is 0 Å². The van der Waals surface area contributed by atoms with Crippen LogP contribution in [0.2, 0.25) is 0 Å². The summed E-state index contributed by atoms with van der Waals surface area (Å²) >= 11 is 3.44. The maximum Gasteiger partial charge on any atom is 0.316 e. The van der Waals surface area contributed by atoms with Gasteiger partial charge < -0.3 is 4.74 Å². The number of hydrogen-bond acceptors (Lipinski definition) is 2. The molecule has 0 aliphatic heterocycles. The minimum Gasteiger partial charge on any atom is -0.468 e. The Morgan fingerprint density at radius 3 is 2.56 bits per heavy atom. The summed E-state index contributed by atoms with van der Waals surface area (Å²) in [5.74, 6) is -0.0934. The van der Waals surface area contributed by atoms with Crippen LogP contribution >= 0.6 is 15.9 Å². The van der Waals surface area contributed by atoms with E-state index in [1.807, 2.05) is 19.1 Å². The summed E-state index contributed by atoms with van der Waals surface area (Å²) in [7, 11) is 1.47. The molecule has 1 saturated carbocycles. The molecule has 1 aromatic carbocycles. The lowest BCUT2D eigenvalue weighted by molar-refractivity contribution is -0.151. The lowest BCUT2D eigenvalue weighted by Gasteiger charge is -2.40. The van der Waals surface area contributed by atoms with Crippen LogP contribution in [0.5, 0.6) is 0 Å². The molecule has 0 N–H and O–H groups in total. The molecule has 1 aromatic rings. The molecular weight excluding hydrogens is 268 g/mol. The second kappa shape index (κ2) is 4.21. The molecule has 0 radical (unpaired) electrons. The van der Waals surface area contributed by atoms with Gasteiger partial charge in [0.2, 0.25) is 0 Å². The van der Waals surface area contributed by atoms with Gasteiger partial charge in [-0.3, -0.25) is 4.79 Å². The Morgan fingerprint density at radius 1 is 1.44 bits per heavy atom. The predicted molar refractivity (Wildman–Crippen MR) is 66.4 cm³/mol. The van der Waals surface area contributed by atoms with Crippen molar-refractivity contribution in [2.45, 2.75) is 31.6 Å². The van der Waals surface area contributed by atoms with E-state index in [4.69, 9.17) is 4.74 Å². The van der Waals surface area contributed by atoms with Crippen molar-refractivity contribution in [1.82, 2.24) is 0 Å². The van der Waals surface area contributed by atoms with Crippen LogP contribution in [0.15, 0.2) is 22.7 Å². The fourth-order valence-corrected chi connectivity index (χ4v) is 2.95. The van der Waals surface area contributed by atoms with E-state index in [9.17, 15) is 4.79 Å². The maximum absolute atomic E-state index is 11.9. The number of benzene rings is 1. The zero-order valence-corrected chi connectivity index (χ0v) is 11.1. The van der Waals surface area contributed by atoms with Gasteiger partial charge in [0, 0.05) is 4.47 Å². The standard InChI is InChI=1S/C13H15BrO2/c1-9-8-10(14)4-5-11(9)13(6-3-7-13)12(15)16-2/h4-5,8H,3,6-7H2,1-2H3. The van der Waals surface area contributed by atoms with Crippen molar-refractivity contribution < 1.29 is 9.53 Å². The van der Waals surface area contributed by atoms with Gasteiger partial charge in [-0.2, -0.15) is 0 Å². The van der Waals surface area contributed by atoms with E-state index in [-0.39, 0.29) is 11.4 Å². The average Bonchev–Trinajstić information content (AvgIpc) is 2.19. The molecule has 0 unspecified atom stereocenters. The normalized spacial score (nSPS) is 17.7. The highest BCUT2D eigenvalue weighted by Gasteiger charge is 2.47. The SMILES string of the molecule is COC(=O)C1(c2ccc(Br)cc2C)CCC1. The van der Waals surface area contributed by atoms with Crippen LogP contribution in [-0.4, -0.2) is 13.1 Å². The molecule has 3 heteroatoms. The third-order valence-corrected chi connectivity index (χ3v) is 3.98. The number of esters is 1. The molecule has 0 atom stereocenters. The van der Waals surface area contributed by atoms with Crippen molar-refractivity contribution in [1.29, 1.82) is 0 Å². The van der Waals surface area contributed by atoms with Crippen molar-refractivity contribution in [2.75, 3.05) is 7.11 Å². The van der Waals surface area contributed by atoms with E-state index in [0.29, 0.717) is 0 Å². The highest BCUT2D eigenvalue weighted by Crippen LogP contribution is 2.46. The molecule has 16 heavy (non-hydrogen) atoms. The number of carbonyl (C=O) groups excluding carboxylic acids is 1. The van der Waals surface area contributed by atoms with E-state index < -0.39 is 0 Å². The summed E-state index contributed by atoms with van der Waals surface area (Å²) in [6.45, 7) is 2.04. The van der Waals surface area contributed by atoms with Crippen LogP contribution in [0, 0.1) is 6.92 Å². The Morgan fingerprint density at radius 2 is 2.12 bits per heavy atom. The average molecular weight is 283 g/mol. The van der Waals surface area contributed by atoms with Gasteiger partial charge in [0.05, 0.1) is 12.5 Å². The van der Waals surface area contributed by atoms with Crippen LogP contribution in [0.4, 0.5) is 0 Å². The molecule has 1 aliphatic rings. The van der Waals surface area contributed by atoms with Gasteiger partial charge >= 0.3 is 5.97 Å². The van der Waals surface area contributed by atoms with Crippen LogP contribution < -0.4 is 0 Å². The van der Waals surface area contributed by atoms with Crippen molar-refractivity contribution in [3.8, 4) is 0 Å². The van der Waals surface area contributed by atoms with Gasteiger partial charge in [0.25, 0.3) is 0 Å². The third-order valence-electron chi connectivity index (χ3n) is 3.49. The Bertz CT molecular complexity index is 422. The minimum absolute atomic E-state index is 0.0934. The smallest absolute Gasteiger partial charge is 0.316 e. The molecule has 1 fully saturated rings. The van der Waals surface area contributed by atoms with Crippen molar-refractivity contribution >= 4 is 21.9 Å². The number of halogens is 1. The highest BCUT2D eigenvalue weighted by molar-refractivity contribution is 9.10. The van der Waals surface area contributed by atoms with E-state index in [2.05, 4.69) is 22.0 Å². The molecule has 0 aromatic heterocycles. The van der Waals surface area contributed by atoms with Gasteiger partial charge in [0.1, 0.15) is 0 Å². The summed E-state index contributed by atoms with van der Waals surface area (Å²) < 4.78 is 6.00.